The number of anilines is 1. The molecule has 20 heavy (non-hydrogen) atoms. The van der Waals surface area contributed by atoms with Gasteiger partial charge in [0, 0.05) is 5.56 Å². The SMILES string of the molecule is CCCCCNC(CC)C(=O)c1ccc(OC)c(N)c1. The van der Waals surface area contributed by atoms with Crippen LogP contribution in [0.4, 0.5) is 5.69 Å². The minimum absolute atomic E-state index is 0.0957. The van der Waals surface area contributed by atoms with Crippen LogP contribution in [0.15, 0.2) is 18.2 Å². The highest BCUT2D eigenvalue weighted by molar-refractivity contribution is 6.01. The van der Waals surface area contributed by atoms with E-state index in [1.807, 2.05) is 6.92 Å². The highest BCUT2D eigenvalue weighted by Gasteiger charge is 2.18. The van der Waals surface area contributed by atoms with Crippen molar-refractivity contribution in [3.8, 4) is 5.75 Å². The Hall–Kier alpha value is -1.55. The number of unbranched alkanes of at least 4 members (excludes halogenated alkanes) is 2. The number of ketones is 1. The minimum atomic E-state index is -0.139. The second-order valence-electron chi connectivity index (χ2n) is 4.94. The van der Waals surface area contributed by atoms with Crippen molar-refractivity contribution in [2.45, 2.75) is 45.6 Å². The summed E-state index contributed by atoms with van der Waals surface area (Å²) in [5, 5.41) is 3.33. The van der Waals surface area contributed by atoms with Gasteiger partial charge in [-0.1, -0.05) is 26.7 Å². The Bertz CT molecular complexity index is 432. The Morgan fingerprint density at radius 2 is 2.10 bits per heavy atom. The molecule has 0 fully saturated rings. The molecule has 1 unspecified atom stereocenters. The van der Waals surface area contributed by atoms with Gasteiger partial charge in [-0.3, -0.25) is 4.79 Å². The Kier molecular flexibility index (Phi) is 7.09. The number of carbonyl (C=O) groups excluding carboxylic acids is 1. The normalized spacial score (nSPS) is 12.2. The number of Topliss-reactive ketones (excluding diaryl/α,β-unsaturated/α-hetero) is 1. The van der Waals surface area contributed by atoms with Crippen LogP contribution in [0, 0.1) is 0 Å². The first-order chi connectivity index (χ1) is 9.63. The zero-order valence-corrected chi connectivity index (χ0v) is 12.7. The summed E-state index contributed by atoms with van der Waals surface area (Å²) in [5.74, 6) is 0.698. The topological polar surface area (TPSA) is 64.3 Å². The van der Waals surface area contributed by atoms with E-state index in [-0.39, 0.29) is 11.8 Å². The van der Waals surface area contributed by atoms with Crippen LogP contribution >= 0.6 is 0 Å². The van der Waals surface area contributed by atoms with Gasteiger partial charge in [0.15, 0.2) is 5.78 Å². The number of hydrogen-bond donors (Lipinski definition) is 2. The van der Waals surface area contributed by atoms with E-state index in [1.165, 1.54) is 12.8 Å². The first kappa shape index (κ1) is 16.5. The Labute approximate surface area is 121 Å². The van der Waals surface area contributed by atoms with Gasteiger partial charge >= 0.3 is 0 Å². The molecular weight excluding hydrogens is 252 g/mol. The molecule has 0 saturated heterocycles. The van der Waals surface area contributed by atoms with Crippen LogP contribution < -0.4 is 15.8 Å². The third kappa shape index (κ3) is 4.53. The monoisotopic (exact) mass is 278 g/mol. The molecule has 0 aliphatic heterocycles. The molecular formula is C16H26N2O2. The van der Waals surface area contributed by atoms with Crippen molar-refractivity contribution < 1.29 is 9.53 Å². The number of nitrogens with one attached hydrogen (secondary N) is 1. The van der Waals surface area contributed by atoms with Crippen LogP contribution in [0.1, 0.15) is 49.9 Å². The van der Waals surface area contributed by atoms with E-state index in [9.17, 15) is 4.79 Å². The van der Waals surface area contributed by atoms with Crippen LogP contribution in [-0.2, 0) is 0 Å². The van der Waals surface area contributed by atoms with E-state index in [0.717, 1.165) is 19.4 Å². The summed E-state index contributed by atoms with van der Waals surface area (Å²) in [6.07, 6.45) is 4.25. The predicted molar refractivity (Wildman–Crippen MR) is 83.3 cm³/mol. The van der Waals surface area contributed by atoms with Crippen molar-refractivity contribution >= 4 is 11.5 Å². The maximum atomic E-state index is 12.4. The number of hydrogen-bond acceptors (Lipinski definition) is 4. The first-order valence-corrected chi connectivity index (χ1v) is 7.35. The van der Waals surface area contributed by atoms with Crippen molar-refractivity contribution in [1.82, 2.24) is 5.32 Å². The molecule has 0 amide bonds. The van der Waals surface area contributed by atoms with Crippen molar-refractivity contribution in [1.29, 1.82) is 0 Å². The maximum absolute atomic E-state index is 12.4. The molecule has 0 spiro atoms. The summed E-state index contributed by atoms with van der Waals surface area (Å²) >= 11 is 0. The smallest absolute Gasteiger partial charge is 0.179 e. The number of nitrogens with two attached hydrogens (primary N) is 1. The minimum Gasteiger partial charge on any atom is -0.495 e. The van der Waals surface area contributed by atoms with Crippen LogP contribution in [0.25, 0.3) is 0 Å². The van der Waals surface area contributed by atoms with Gasteiger partial charge in [0.25, 0.3) is 0 Å². The second kappa shape index (κ2) is 8.59. The van der Waals surface area contributed by atoms with Gasteiger partial charge in [0.1, 0.15) is 5.75 Å². The summed E-state index contributed by atoms with van der Waals surface area (Å²) < 4.78 is 5.11. The molecule has 0 radical (unpaired) electrons. The molecule has 1 aromatic carbocycles. The van der Waals surface area contributed by atoms with Gasteiger partial charge in [-0.05, 0) is 37.6 Å². The average molecular weight is 278 g/mol. The lowest BCUT2D eigenvalue weighted by Crippen LogP contribution is -2.36. The van der Waals surface area contributed by atoms with Gasteiger partial charge in [0.2, 0.25) is 0 Å². The van der Waals surface area contributed by atoms with Gasteiger partial charge in [-0.25, -0.2) is 0 Å². The Balaban J connectivity index is 2.68. The first-order valence-electron chi connectivity index (χ1n) is 7.35. The van der Waals surface area contributed by atoms with Gasteiger partial charge in [-0.15, -0.1) is 0 Å². The summed E-state index contributed by atoms with van der Waals surface area (Å²) in [6.45, 7) is 5.06. The standard InChI is InChI=1S/C16H26N2O2/c1-4-6-7-10-18-14(5-2)16(19)12-8-9-15(20-3)13(17)11-12/h8-9,11,14,18H,4-7,10,17H2,1-3H3. The van der Waals surface area contributed by atoms with Gasteiger partial charge in [0.05, 0.1) is 18.8 Å². The lowest BCUT2D eigenvalue weighted by molar-refractivity contribution is 0.0940. The molecule has 0 aliphatic rings. The number of nitrogen functional groups attached to an aromatic ring is 1. The Morgan fingerprint density at radius 1 is 1.35 bits per heavy atom. The zero-order valence-electron chi connectivity index (χ0n) is 12.7. The molecule has 0 heterocycles. The third-order valence-electron chi connectivity index (χ3n) is 3.41. The highest BCUT2D eigenvalue weighted by Crippen LogP contribution is 2.22. The van der Waals surface area contributed by atoms with Crippen LogP contribution in [0.5, 0.6) is 5.75 Å². The van der Waals surface area contributed by atoms with Crippen molar-refractivity contribution in [2.75, 3.05) is 19.4 Å². The summed E-state index contributed by atoms with van der Waals surface area (Å²) in [6, 6.07) is 5.07. The largest absolute Gasteiger partial charge is 0.495 e. The van der Waals surface area contributed by atoms with E-state index < -0.39 is 0 Å². The average Bonchev–Trinajstić information content (AvgIpc) is 2.46. The molecule has 1 rings (SSSR count). The Morgan fingerprint density at radius 3 is 2.65 bits per heavy atom. The molecule has 4 heteroatoms. The number of ether oxygens (including phenoxy) is 1. The molecule has 1 atom stereocenters. The van der Waals surface area contributed by atoms with Crippen LogP contribution in [0.3, 0.4) is 0 Å². The fraction of sp³-hybridized carbons (Fsp3) is 0.562. The number of benzene rings is 1. The molecule has 3 N–H and O–H groups in total. The van der Waals surface area contributed by atoms with Gasteiger partial charge < -0.3 is 15.8 Å². The summed E-state index contributed by atoms with van der Waals surface area (Å²) in [4.78, 5) is 12.4. The second-order valence-corrected chi connectivity index (χ2v) is 4.94. The van der Waals surface area contributed by atoms with E-state index in [1.54, 1.807) is 25.3 Å². The molecule has 1 aromatic rings. The highest BCUT2D eigenvalue weighted by atomic mass is 16.5. The van der Waals surface area contributed by atoms with E-state index in [4.69, 9.17) is 10.5 Å². The number of rotatable bonds is 9. The quantitative estimate of drug-likeness (QED) is 0.414. The van der Waals surface area contributed by atoms with Crippen molar-refractivity contribution in [3.63, 3.8) is 0 Å². The predicted octanol–water partition coefficient (Wildman–Crippen LogP) is 3.02. The molecule has 112 valence electrons. The van der Waals surface area contributed by atoms with Crippen LogP contribution in [0.2, 0.25) is 0 Å². The van der Waals surface area contributed by atoms with E-state index in [0.29, 0.717) is 17.0 Å². The number of methoxy groups -OCH3 is 1. The molecule has 0 aliphatic carbocycles. The fourth-order valence-electron chi connectivity index (χ4n) is 2.16. The van der Waals surface area contributed by atoms with E-state index >= 15 is 0 Å². The summed E-state index contributed by atoms with van der Waals surface area (Å²) in [7, 11) is 1.57. The lowest BCUT2D eigenvalue weighted by Gasteiger charge is -2.16. The molecule has 0 bridgehead atoms. The maximum Gasteiger partial charge on any atom is 0.179 e. The van der Waals surface area contributed by atoms with Crippen LogP contribution in [-0.4, -0.2) is 25.5 Å². The fourth-order valence-corrected chi connectivity index (χ4v) is 2.16. The van der Waals surface area contributed by atoms with Crippen molar-refractivity contribution in [2.24, 2.45) is 0 Å². The molecule has 0 aromatic heterocycles. The number of carbonyl (C=O) groups is 1. The lowest BCUT2D eigenvalue weighted by atomic mass is 10.0. The zero-order chi connectivity index (χ0) is 15.0. The third-order valence-corrected chi connectivity index (χ3v) is 3.41. The molecule has 4 nitrogen and oxygen atoms in total. The van der Waals surface area contributed by atoms with E-state index in [2.05, 4.69) is 12.2 Å². The van der Waals surface area contributed by atoms with Gasteiger partial charge in [-0.2, -0.15) is 0 Å². The summed E-state index contributed by atoms with van der Waals surface area (Å²) in [5.41, 5.74) is 6.99. The molecule has 0 saturated carbocycles. The van der Waals surface area contributed by atoms with Crippen molar-refractivity contribution in [3.05, 3.63) is 23.8 Å².